The van der Waals surface area contributed by atoms with Crippen LogP contribution in [0.25, 0.3) is 0 Å². The van der Waals surface area contributed by atoms with E-state index in [2.05, 4.69) is 32.3 Å². The Balaban J connectivity index is 1.62. The third-order valence-corrected chi connectivity index (χ3v) is 4.56. The second kappa shape index (κ2) is 6.77. The van der Waals surface area contributed by atoms with Gasteiger partial charge in [-0.3, -0.25) is 4.79 Å². The molecule has 26 heavy (non-hydrogen) atoms. The number of hydrogen-bond donors (Lipinski definition) is 1. The van der Waals surface area contributed by atoms with Gasteiger partial charge in [-0.1, -0.05) is 29.8 Å². The van der Waals surface area contributed by atoms with Gasteiger partial charge in [-0.25, -0.2) is 9.97 Å². The Morgan fingerprint density at radius 2 is 1.88 bits per heavy atom. The molecule has 0 bridgehead atoms. The predicted octanol–water partition coefficient (Wildman–Crippen LogP) is 4.38. The van der Waals surface area contributed by atoms with Gasteiger partial charge in [-0.15, -0.1) is 0 Å². The summed E-state index contributed by atoms with van der Waals surface area (Å²) in [4.78, 5) is 23.7. The SMILES string of the molecule is Cc1cc(C(=O)Nc2ccc(Cl)cc2)nc(N2CCc3ccccc32)n1. The first-order valence-corrected chi connectivity index (χ1v) is 8.76. The van der Waals surface area contributed by atoms with Crippen LogP contribution in [0.2, 0.25) is 5.02 Å². The van der Waals surface area contributed by atoms with Crippen molar-refractivity contribution in [3.8, 4) is 0 Å². The zero-order valence-electron chi connectivity index (χ0n) is 14.2. The van der Waals surface area contributed by atoms with Crippen LogP contribution in [0.15, 0.2) is 54.6 Å². The van der Waals surface area contributed by atoms with E-state index in [4.69, 9.17) is 11.6 Å². The molecule has 1 amide bonds. The minimum atomic E-state index is -0.272. The zero-order valence-corrected chi connectivity index (χ0v) is 15.0. The van der Waals surface area contributed by atoms with Crippen molar-refractivity contribution >= 4 is 34.8 Å². The lowest BCUT2D eigenvalue weighted by atomic mass is 10.2. The first-order chi connectivity index (χ1) is 12.6. The summed E-state index contributed by atoms with van der Waals surface area (Å²) >= 11 is 5.88. The van der Waals surface area contributed by atoms with Gasteiger partial charge >= 0.3 is 0 Å². The van der Waals surface area contributed by atoms with Crippen LogP contribution >= 0.6 is 11.6 Å². The maximum Gasteiger partial charge on any atom is 0.274 e. The summed E-state index contributed by atoms with van der Waals surface area (Å²) in [7, 11) is 0. The number of nitrogens with zero attached hydrogens (tertiary/aromatic N) is 3. The van der Waals surface area contributed by atoms with Crippen LogP contribution in [0.3, 0.4) is 0 Å². The highest BCUT2D eigenvalue weighted by Crippen LogP contribution is 2.32. The Kier molecular flexibility index (Phi) is 4.31. The maximum atomic E-state index is 12.6. The molecule has 6 heteroatoms. The van der Waals surface area contributed by atoms with E-state index in [0.717, 1.165) is 24.3 Å². The Labute approximate surface area is 156 Å². The fourth-order valence-corrected chi connectivity index (χ4v) is 3.19. The molecule has 1 aliphatic rings. The summed E-state index contributed by atoms with van der Waals surface area (Å²) < 4.78 is 0. The molecule has 0 radical (unpaired) electrons. The number of para-hydroxylation sites is 1. The van der Waals surface area contributed by atoms with Gasteiger partial charge in [0.15, 0.2) is 0 Å². The second-order valence-electron chi connectivity index (χ2n) is 6.19. The molecule has 130 valence electrons. The topological polar surface area (TPSA) is 58.1 Å². The summed E-state index contributed by atoms with van der Waals surface area (Å²) in [6, 6.07) is 16.9. The van der Waals surface area contributed by atoms with Crippen molar-refractivity contribution in [2.45, 2.75) is 13.3 Å². The molecule has 4 rings (SSSR count). The summed E-state index contributed by atoms with van der Waals surface area (Å²) in [5, 5.41) is 3.46. The Hall–Kier alpha value is -2.92. The lowest BCUT2D eigenvalue weighted by Gasteiger charge is -2.18. The number of carbonyl (C=O) groups excluding carboxylic acids is 1. The fraction of sp³-hybridized carbons (Fsp3) is 0.150. The van der Waals surface area contributed by atoms with Gasteiger partial charge < -0.3 is 10.2 Å². The number of aromatic nitrogens is 2. The van der Waals surface area contributed by atoms with Crippen molar-refractivity contribution in [2.75, 3.05) is 16.8 Å². The van der Waals surface area contributed by atoms with Crippen LogP contribution < -0.4 is 10.2 Å². The van der Waals surface area contributed by atoms with Crippen molar-refractivity contribution in [3.05, 3.63) is 76.6 Å². The summed E-state index contributed by atoms with van der Waals surface area (Å²) in [6.07, 6.45) is 0.944. The molecule has 0 unspecified atom stereocenters. The number of amides is 1. The highest BCUT2D eigenvalue weighted by atomic mass is 35.5. The van der Waals surface area contributed by atoms with E-state index in [1.807, 2.05) is 19.1 Å². The van der Waals surface area contributed by atoms with E-state index in [1.54, 1.807) is 30.3 Å². The lowest BCUT2D eigenvalue weighted by molar-refractivity contribution is 0.102. The third-order valence-electron chi connectivity index (χ3n) is 4.31. The average Bonchev–Trinajstić information content (AvgIpc) is 3.07. The van der Waals surface area contributed by atoms with Gasteiger partial charge in [0.1, 0.15) is 5.69 Å². The van der Waals surface area contributed by atoms with E-state index in [-0.39, 0.29) is 5.91 Å². The number of carbonyl (C=O) groups is 1. The number of nitrogens with one attached hydrogen (secondary N) is 1. The molecule has 0 saturated carbocycles. The number of halogens is 1. The Bertz CT molecular complexity index is 972. The number of anilines is 3. The first kappa shape index (κ1) is 16.5. The number of benzene rings is 2. The third kappa shape index (κ3) is 3.26. The van der Waals surface area contributed by atoms with Gasteiger partial charge in [0.05, 0.1) is 0 Å². The number of rotatable bonds is 3. The zero-order chi connectivity index (χ0) is 18.1. The standard InChI is InChI=1S/C20H17ClN4O/c1-13-12-17(19(26)23-16-8-6-15(21)7-9-16)24-20(22-13)25-11-10-14-4-2-3-5-18(14)25/h2-9,12H,10-11H2,1H3,(H,23,26). The van der Waals surface area contributed by atoms with E-state index in [9.17, 15) is 4.79 Å². The predicted molar refractivity (Wildman–Crippen MR) is 103 cm³/mol. The highest BCUT2D eigenvalue weighted by molar-refractivity contribution is 6.30. The number of fused-ring (bicyclic) bond motifs is 1. The first-order valence-electron chi connectivity index (χ1n) is 8.38. The second-order valence-corrected chi connectivity index (χ2v) is 6.62. The largest absolute Gasteiger partial charge is 0.321 e. The maximum absolute atomic E-state index is 12.6. The van der Waals surface area contributed by atoms with Crippen LogP contribution in [-0.2, 0) is 6.42 Å². The van der Waals surface area contributed by atoms with Crippen molar-refractivity contribution in [2.24, 2.45) is 0 Å². The van der Waals surface area contributed by atoms with Gasteiger partial charge in [0.2, 0.25) is 5.95 Å². The van der Waals surface area contributed by atoms with E-state index in [1.165, 1.54) is 5.56 Å². The molecular weight excluding hydrogens is 348 g/mol. The van der Waals surface area contributed by atoms with Crippen molar-refractivity contribution < 1.29 is 4.79 Å². The molecule has 3 aromatic rings. The molecule has 0 aliphatic carbocycles. The molecule has 0 spiro atoms. The van der Waals surface area contributed by atoms with E-state index in [0.29, 0.717) is 22.4 Å². The van der Waals surface area contributed by atoms with Crippen molar-refractivity contribution in [1.82, 2.24) is 9.97 Å². The van der Waals surface area contributed by atoms with Gasteiger partial charge in [0, 0.05) is 28.6 Å². The van der Waals surface area contributed by atoms with Crippen LogP contribution in [-0.4, -0.2) is 22.4 Å². The Morgan fingerprint density at radius 1 is 1.12 bits per heavy atom. The van der Waals surface area contributed by atoms with E-state index >= 15 is 0 Å². The molecule has 2 heterocycles. The van der Waals surface area contributed by atoms with Gasteiger partial charge in [-0.05, 0) is 55.3 Å². The van der Waals surface area contributed by atoms with Crippen LogP contribution in [0.4, 0.5) is 17.3 Å². The minimum absolute atomic E-state index is 0.272. The monoisotopic (exact) mass is 364 g/mol. The summed E-state index contributed by atoms with van der Waals surface area (Å²) in [6.45, 7) is 2.67. The van der Waals surface area contributed by atoms with Gasteiger partial charge in [-0.2, -0.15) is 0 Å². The smallest absolute Gasteiger partial charge is 0.274 e. The van der Waals surface area contributed by atoms with Gasteiger partial charge in [0.25, 0.3) is 5.91 Å². The lowest BCUT2D eigenvalue weighted by Crippen LogP contribution is -2.20. The van der Waals surface area contributed by atoms with Crippen LogP contribution in [0.5, 0.6) is 0 Å². The van der Waals surface area contributed by atoms with Crippen LogP contribution in [0, 0.1) is 6.92 Å². The minimum Gasteiger partial charge on any atom is -0.321 e. The molecule has 2 aromatic carbocycles. The number of aryl methyl sites for hydroxylation is 1. The molecular formula is C20H17ClN4O. The fourth-order valence-electron chi connectivity index (χ4n) is 3.06. The molecule has 1 N–H and O–H groups in total. The van der Waals surface area contributed by atoms with Crippen molar-refractivity contribution in [3.63, 3.8) is 0 Å². The molecule has 0 fully saturated rings. The summed E-state index contributed by atoms with van der Waals surface area (Å²) in [5.41, 5.74) is 4.13. The Morgan fingerprint density at radius 3 is 2.69 bits per heavy atom. The average molecular weight is 365 g/mol. The summed E-state index contributed by atoms with van der Waals surface area (Å²) in [5.74, 6) is 0.280. The van der Waals surface area contributed by atoms with E-state index < -0.39 is 0 Å². The van der Waals surface area contributed by atoms with Crippen molar-refractivity contribution in [1.29, 1.82) is 0 Å². The molecule has 1 aromatic heterocycles. The quantitative estimate of drug-likeness (QED) is 0.749. The number of hydrogen-bond acceptors (Lipinski definition) is 4. The normalized spacial score (nSPS) is 12.8. The molecule has 0 saturated heterocycles. The molecule has 1 aliphatic heterocycles. The van der Waals surface area contributed by atoms with Crippen LogP contribution in [0.1, 0.15) is 21.7 Å². The highest BCUT2D eigenvalue weighted by Gasteiger charge is 2.23. The molecule has 5 nitrogen and oxygen atoms in total. The molecule has 0 atom stereocenters.